The van der Waals surface area contributed by atoms with E-state index in [-0.39, 0.29) is 16.9 Å². The first-order chi connectivity index (χ1) is 9.81. The molecule has 0 amide bonds. The predicted octanol–water partition coefficient (Wildman–Crippen LogP) is 2.53. The van der Waals surface area contributed by atoms with Crippen molar-refractivity contribution in [1.82, 2.24) is 4.98 Å². The minimum atomic E-state index is -1.62. The molecule has 1 aromatic carbocycles. The highest BCUT2D eigenvalue weighted by atomic mass is 32.1. The summed E-state index contributed by atoms with van der Waals surface area (Å²) >= 11 is 0.775. The molecule has 112 valence electrons. The molecule has 1 unspecified atom stereocenters. The molecule has 1 heterocycles. The van der Waals surface area contributed by atoms with Crippen molar-refractivity contribution in [2.45, 2.75) is 6.04 Å². The van der Waals surface area contributed by atoms with Crippen molar-refractivity contribution in [3.05, 3.63) is 40.4 Å². The number of halogens is 4. The highest BCUT2D eigenvalue weighted by molar-refractivity contribution is 7.13. The van der Waals surface area contributed by atoms with Crippen molar-refractivity contribution in [3.63, 3.8) is 0 Å². The number of benzene rings is 1. The molecule has 10 heteroatoms. The standard InChI is InChI=1S/C11H7F4N3O2S/c12-3-1-4(13)7(15)9(6(3)14)18-11-17-5(2-21-11)8(16)10(19)20/h1-2,8H,16H2,(H,17,18)(H,19,20). The van der Waals surface area contributed by atoms with E-state index in [0.717, 1.165) is 11.3 Å². The van der Waals surface area contributed by atoms with Gasteiger partial charge in [0.25, 0.3) is 0 Å². The van der Waals surface area contributed by atoms with Crippen LogP contribution in [0.2, 0.25) is 0 Å². The molecule has 0 aliphatic carbocycles. The van der Waals surface area contributed by atoms with E-state index in [1.807, 2.05) is 0 Å². The van der Waals surface area contributed by atoms with Gasteiger partial charge in [0, 0.05) is 11.4 Å². The molecule has 4 N–H and O–H groups in total. The average Bonchev–Trinajstić information content (AvgIpc) is 2.89. The molecule has 21 heavy (non-hydrogen) atoms. The van der Waals surface area contributed by atoms with Crippen molar-refractivity contribution in [3.8, 4) is 0 Å². The summed E-state index contributed by atoms with van der Waals surface area (Å²) in [6.45, 7) is 0. The number of hydrogen-bond donors (Lipinski definition) is 3. The third-order valence-electron chi connectivity index (χ3n) is 2.45. The van der Waals surface area contributed by atoms with E-state index in [1.165, 1.54) is 5.38 Å². The Balaban J connectivity index is 2.33. The summed E-state index contributed by atoms with van der Waals surface area (Å²) in [5.74, 6) is -7.73. The monoisotopic (exact) mass is 321 g/mol. The highest BCUT2D eigenvalue weighted by Gasteiger charge is 2.22. The van der Waals surface area contributed by atoms with Crippen LogP contribution >= 0.6 is 11.3 Å². The van der Waals surface area contributed by atoms with E-state index in [4.69, 9.17) is 10.8 Å². The first kappa shape index (κ1) is 15.2. The van der Waals surface area contributed by atoms with E-state index in [2.05, 4.69) is 10.3 Å². The molecule has 2 rings (SSSR count). The zero-order valence-electron chi connectivity index (χ0n) is 10.0. The van der Waals surface area contributed by atoms with E-state index < -0.39 is 41.0 Å². The van der Waals surface area contributed by atoms with Gasteiger partial charge in [-0.25, -0.2) is 22.5 Å². The normalized spacial score (nSPS) is 12.2. The lowest BCUT2D eigenvalue weighted by molar-refractivity contribution is -0.138. The summed E-state index contributed by atoms with van der Waals surface area (Å²) in [5.41, 5.74) is 4.18. The lowest BCUT2D eigenvalue weighted by Crippen LogP contribution is -2.20. The van der Waals surface area contributed by atoms with Crippen LogP contribution in [0.5, 0.6) is 0 Å². The Labute approximate surface area is 119 Å². The van der Waals surface area contributed by atoms with Crippen molar-refractivity contribution in [2.75, 3.05) is 5.32 Å². The number of nitrogens with zero attached hydrogens (tertiary/aromatic N) is 1. The Kier molecular flexibility index (Phi) is 4.09. The Hall–Kier alpha value is -2.20. The predicted molar refractivity (Wildman–Crippen MR) is 66.2 cm³/mol. The van der Waals surface area contributed by atoms with Gasteiger partial charge >= 0.3 is 5.97 Å². The van der Waals surface area contributed by atoms with Crippen LogP contribution in [0, 0.1) is 23.3 Å². The fraction of sp³-hybridized carbons (Fsp3) is 0.0909. The Morgan fingerprint density at radius 3 is 2.38 bits per heavy atom. The number of nitrogens with two attached hydrogens (primary N) is 1. The van der Waals surface area contributed by atoms with Crippen LogP contribution < -0.4 is 11.1 Å². The van der Waals surface area contributed by atoms with Crippen molar-refractivity contribution < 1.29 is 27.5 Å². The van der Waals surface area contributed by atoms with Gasteiger partial charge in [0.1, 0.15) is 11.7 Å². The number of anilines is 2. The molecule has 1 aromatic heterocycles. The number of carboxylic acids is 1. The van der Waals surface area contributed by atoms with Crippen LogP contribution in [0.25, 0.3) is 0 Å². The number of hydrogen-bond acceptors (Lipinski definition) is 5. The van der Waals surface area contributed by atoms with Crippen LogP contribution in [0.15, 0.2) is 11.4 Å². The van der Waals surface area contributed by atoms with Gasteiger partial charge in [-0.15, -0.1) is 11.3 Å². The first-order valence-corrected chi connectivity index (χ1v) is 6.23. The van der Waals surface area contributed by atoms with Crippen LogP contribution in [0.3, 0.4) is 0 Å². The Morgan fingerprint density at radius 1 is 1.29 bits per heavy atom. The molecule has 0 aliphatic rings. The van der Waals surface area contributed by atoms with E-state index in [0.29, 0.717) is 0 Å². The topological polar surface area (TPSA) is 88.2 Å². The quantitative estimate of drug-likeness (QED) is 0.595. The maximum Gasteiger partial charge on any atom is 0.326 e. The third-order valence-corrected chi connectivity index (χ3v) is 3.23. The maximum absolute atomic E-state index is 13.4. The number of nitrogens with one attached hydrogen (secondary N) is 1. The smallest absolute Gasteiger partial charge is 0.326 e. The summed E-state index contributed by atoms with van der Waals surface area (Å²) in [6, 6.07) is -1.35. The fourth-order valence-electron chi connectivity index (χ4n) is 1.40. The average molecular weight is 321 g/mol. The minimum absolute atomic E-state index is 0.0623. The SMILES string of the molecule is NC(C(=O)O)c1csc(Nc2c(F)c(F)cc(F)c2F)n1. The van der Waals surface area contributed by atoms with Crippen molar-refractivity contribution in [1.29, 1.82) is 0 Å². The second-order valence-electron chi connectivity index (χ2n) is 3.86. The lowest BCUT2D eigenvalue weighted by Gasteiger charge is -2.07. The van der Waals surface area contributed by atoms with E-state index in [1.54, 1.807) is 0 Å². The minimum Gasteiger partial charge on any atom is -0.480 e. The molecule has 5 nitrogen and oxygen atoms in total. The number of carboxylic acid groups (broad SMARTS) is 1. The van der Waals surface area contributed by atoms with Gasteiger partial charge in [-0.2, -0.15) is 0 Å². The van der Waals surface area contributed by atoms with Gasteiger partial charge in [-0.05, 0) is 0 Å². The van der Waals surface area contributed by atoms with E-state index >= 15 is 0 Å². The summed E-state index contributed by atoms with van der Waals surface area (Å²) in [4.78, 5) is 14.4. The number of rotatable bonds is 4. The summed E-state index contributed by atoms with van der Waals surface area (Å²) in [6.07, 6.45) is 0. The molecule has 0 bridgehead atoms. The van der Waals surface area contributed by atoms with Crippen LogP contribution in [-0.2, 0) is 4.79 Å². The Morgan fingerprint density at radius 2 is 1.86 bits per heavy atom. The molecular formula is C11H7F4N3O2S. The zero-order valence-corrected chi connectivity index (χ0v) is 10.8. The fourth-order valence-corrected chi connectivity index (χ4v) is 2.15. The molecule has 0 saturated carbocycles. The molecule has 0 saturated heterocycles. The molecule has 0 spiro atoms. The summed E-state index contributed by atoms with van der Waals surface area (Å²) in [5, 5.41) is 11.8. The molecular weight excluding hydrogens is 314 g/mol. The van der Waals surface area contributed by atoms with Crippen molar-refractivity contribution >= 4 is 28.1 Å². The van der Waals surface area contributed by atoms with Crippen molar-refractivity contribution in [2.24, 2.45) is 5.73 Å². The van der Waals surface area contributed by atoms with Crippen LogP contribution in [0.1, 0.15) is 11.7 Å². The number of aliphatic carboxylic acids is 1. The molecule has 0 radical (unpaired) electrons. The number of carbonyl (C=O) groups is 1. The van der Waals surface area contributed by atoms with Gasteiger partial charge in [0.05, 0.1) is 5.69 Å². The second-order valence-corrected chi connectivity index (χ2v) is 4.72. The largest absolute Gasteiger partial charge is 0.480 e. The number of aromatic nitrogens is 1. The summed E-state index contributed by atoms with van der Waals surface area (Å²) < 4.78 is 52.9. The van der Waals surface area contributed by atoms with Crippen LogP contribution in [-0.4, -0.2) is 16.1 Å². The zero-order chi connectivity index (χ0) is 15.7. The number of thiazole rings is 1. The van der Waals surface area contributed by atoms with Gasteiger partial charge in [0.2, 0.25) is 0 Å². The highest BCUT2D eigenvalue weighted by Crippen LogP contribution is 2.29. The summed E-state index contributed by atoms with van der Waals surface area (Å²) in [7, 11) is 0. The van der Waals surface area contributed by atoms with Gasteiger partial charge < -0.3 is 16.2 Å². The molecule has 0 aliphatic heterocycles. The molecule has 0 fully saturated rings. The third kappa shape index (κ3) is 2.95. The second kappa shape index (κ2) is 5.66. The van der Waals surface area contributed by atoms with Gasteiger partial charge in [-0.1, -0.05) is 0 Å². The van der Waals surface area contributed by atoms with Gasteiger partial charge in [0.15, 0.2) is 28.4 Å². The molecule has 1 atom stereocenters. The first-order valence-electron chi connectivity index (χ1n) is 5.35. The molecule has 2 aromatic rings. The maximum atomic E-state index is 13.4. The van der Waals surface area contributed by atoms with Crippen LogP contribution in [0.4, 0.5) is 28.4 Å². The lowest BCUT2D eigenvalue weighted by atomic mass is 10.2. The van der Waals surface area contributed by atoms with E-state index in [9.17, 15) is 22.4 Å². The Bertz CT molecular complexity index is 681. The van der Waals surface area contributed by atoms with Gasteiger partial charge in [-0.3, -0.25) is 4.79 Å².